The van der Waals surface area contributed by atoms with Crippen LogP contribution in [0.4, 0.5) is 11.8 Å². The molecule has 2 rings (SSSR count). The Morgan fingerprint density at radius 3 is 2.85 bits per heavy atom. The molecule has 1 aliphatic heterocycles. The number of nitrogens with zero attached hydrogens (tertiary/aromatic N) is 2. The van der Waals surface area contributed by atoms with Crippen LogP contribution < -0.4 is 10.6 Å². The van der Waals surface area contributed by atoms with E-state index in [0.717, 1.165) is 50.4 Å². The molecule has 1 fully saturated rings. The van der Waals surface area contributed by atoms with Crippen LogP contribution in [0, 0.1) is 12.8 Å². The second-order valence-electron chi connectivity index (χ2n) is 5.53. The number of ether oxygens (including phenoxy) is 1. The van der Waals surface area contributed by atoms with Gasteiger partial charge in [0.15, 0.2) is 0 Å². The van der Waals surface area contributed by atoms with E-state index in [9.17, 15) is 0 Å². The summed E-state index contributed by atoms with van der Waals surface area (Å²) in [5.41, 5.74) is 1.09. The number of nitrogens with one attached hydrogen (secondary N) is 2. The predicted octanol–water partition coefficient (Wildman–Crippen LogP) is 2.83. The Balaban J connectivity index is 1.99. The zero-order valence-corrected chi connectivity index (χ0v) is 12.8. The van der Waals surface area contributed by atoms with Crippen molar-refractivity contribution in [3.63, 3.8) is 0 Å². The van der Waals surface area contributed by atoms with Crippen LogP contribution in [0.2, 0.25) is 0 Å². The highest BCUT2D eigenvalue weighted by Crippen LogP contribution is 2.22. The lowest BCUT2D eigenvalue weighted by Crippen LogP contribution is -2.31. The van der Waals surface area contributed by atoms with E-state index in [1.165, 1.54) is 0 Å². The SMILES string of the molecule is CCCNc1ncc(C)c(NC(C)C2CCOCC2)n1. The molecule has 20 heavy (non-hydrogen) atoms. The van der Waals surface area contributed by atoms with Crippen LogP contribution >= 0.6 is 0 Å². The van der Waals surface area contributed by atoms with Gasteiger partial charge < -0.3 is 15.4 Å². The topological polar surface area (TPSA) is 59.1 Å². The van der Waals surface area contributed by atoms with E-state index in [1.807, 2.05) is 13.1 Å². The van der Waals surface area contributed by atoms with E-state index in [-0.39, 0.29) is 0 Å². The minimum Gasteiger partial charge on any atom is -0.381 e. The van der Waals surface area contributed by atoms with Crippen LogP contribution in [0.25, 0.3) is 0 Å². The zero-order valence-electron chi connectivity index (χ0n) is 12.8. The molecule has 5 nitrogen and oxygen atoms in total. The quantitative estimate of drug-likeness (QED) is 0.838. The first-order chi connectivity index (χ1) is 9.70. The molecule has 0 aromatic carbocycles. The first-order valence-electron chi connectivity index (χ1n) is 7.62. The van der Waals surface area contributed by atoms with Crippen molar-refractivity contribution in [2.24, 2.45) is 5.92 Å². The Kier molecular flexibility index (Phi) is 5.59. The average molecular weight is 278 g/mol. The van der Waals surface area contributed by atoms with Crippen molar-refractivity contribution in [1.82, 2.24) is 9.97 Å². The third kappa shape index (κ3) is 4.07. The molecular formula is C15H26N4O. The minimum absolute atomic E-state index is 0.409. The fourth-order valence-electron chi connectivity index (χ4n) is 2.46. The number of hydrogen-bond donors (Lipinski definition) is 2. The van der Waals surface area contributed by atoms with Crippen molar-refractivity contribution in [3.8, 4) is 0 Å². The molecule has 112 valence electrons. The van der Waals surface area contributed by atoms with Gasteiger partial charge in [0.25, 0.3) is 0 Å². The normalized spacial score (nSPS) is 17.8. The highest BCUT2D eigenvalue weighted by atomic mass is 16.5. The molecule has 0 spiro atoms. The van der Waals surface area contributed by atoms with Gasteiger partial charge in [0.2, 0.25) is 5.95 Å². The third-order valence-electron chi connectivity index (χ3n) is 3.84. The predicted molar refractivity (Wildman–Crippen MR) is 82.2 cm³/mol. The minimum atomic E-state index is 0.409. The average Bonchev–Trinajstić information content (AvgIpc) is 2.49. The molecule has 0 saturated carbocycles. The van der Waals surface area contributed by atoms with Gasteiger partial charge in [-0.25, -0.2) is 4.98 Å². The van der Waals surface area contributed by atoms with Gasteiger partial charge in [-0.1, -0.05) is 6.92 Å². The highest BCUT2D eigenvalue weighted by molar-refractivity contribution is 5.47. The number of aromatic nitrogens is 2. The summed E-state index contributed by atoms with van der Waals surface area (Å²) in [6.07, 6.45) is 5.20. The second-order valence-corrected chi connectivity index (χ2v) is 5.53. The molecule has 1 aromatic rings. The molecule has 5 heteroatoms. The summed E-state index contributed by atoms with van der Waals surface area (Å²) in [6, 6.07) is 0.409. The smallest absolute Gasteiger partial charge is 0.224 e. The van der Waals surface area contributed by atoms with Crippen LogP contribution in [0.15, 0.2) is 6.20 Å². The monoisotopic (exact) mass is 278 g/mol. The summed E-state index contributed by atoms with van der Waals surface area (Å²) < 4.78 is 5.42. The van der Waals surface area contributed by atoms with Crippen molar-refractivity contribution < 1.29 is 4.74 Å². The Morgan fingerprint density at radius 1 is 1.40 bits per heavy atom. The molecular weight excluding hydrogens is 252 g/mol. The van der Waals surface area contributed by atoms with Gasteiger partial charge in [0, 0.05) is 37.6 Å². The molecule has 1 saturated heterocycles. The summed E-state index contributed by atoms with van der Waals surface area (Å²) in [7, 11) is 0. The van der Waals surface area contributed by atoms with Crippen molar-refractivity contribution in [2.45, 2.75) is 46.1 Å². The number of rotatable bonds is 6. The van der Waals surface area contributed by atoms with Crippen molar-refractivity contribution in [1.29, 1.82) is 0 Å². The maximum absolute atomic E-state index is 5.42. The first-order valence-corrected chi connectivity index (χ1v) is 7.62. The number of hydrogen-bond acceptors (Lipinski definition) is 5. The Labute approximate surface area is 121 Å². The Bertz CT molecular complexity index is 418. The van der Waals surface area contributed by atoms with Crippen LogP contribution in [0.5, 0.6) is 0 Å². The van der Waals surface area contributed by atoms with Gasteiger partial charge >= 0.3 is 0 Å². The van der Waals surface area contributed by atoms with Crippen LogP contribution in [-0.2, 0) is 4.74 Å². The first kappa shape index (κ1) is 15.0. The molecule has 0 radical (unpaired) electrons. The maximum atomic E-state index is 5.42. The molecule has 0 bridgehead atoms. The van der Waals surface area contributed by atoms with E-state index in [4.69, 9.17) is 4.74 Å². The zero-order chi connectivity index (χ0) is 14.4. The molecule has 2 N–H and O–H groups in total. The van der Waals surface area contributed by atoms with E-state index in [2.05, 4.69) is 34.4 Å². The number of anilines is 2. The van der Waals surface area contributed by atoms with E-state index >= 15 is 0 Å². The lowest BCUT2D eigenvalue weighted by Gasteiger charge is -2.29. The lowest BCUT2D eigenvalue weighted by atomic mass is 9.93. The largest absolute Gasteiger partial charge is 0.381 e. The molecule has 1 aliphatic rings. The second kappa shape index (κ2) is 7.43. The summed E-state index contributed by atoms with van der Waals surface area (Å²) in [5.74, 6) is 2.31. The molecule has 2 heterocycles. The molecule has 1 aromatic heterocycles. The van der Waals surface area contributed by atoms with Crippen LogP contribution in [-0.4, -0.2) is 35.8 Å². The summed E-state index contributed by atoms with van der Waals surface area (Å²) in [6.45, 7) is 9.07. The van der Waals surface area contributed by atoms with Gasteiger partial charge in [-0.2, -0.15) is 4.98 Å². The fraction of sp³-hybridized carbons (Fsp3) is 0.733. The van der Waals surface area contributed by atoms with Crippen molar-refractivity contribution >= 4 is 11.8 Å². The highest BCUT2D eigenvalue weighted by Gasteiger charge is 2.21. The van der Waals surface area contributed by atoms with E-state index < -0.39 is 0 Å². The molecule has 0 aliphatic carbocycles. The molecule has 1 atom stereocenters. The standard InChI is InChI=1S/C15H26N4O/c1-4-7-16-15-17-10-11(2)14(19-15)18-12(3)13-5-8-20-9-6-13/h10,12-13H,4-9H2,1-3H3,(H2,16,17,18,19). The van der Waals surface area contributed by atoms with Crippen LogP contribution in [0.3, 0.4) is 0 Å². The van der Waals surface area contributed by atoms with E-state index in [0.29, 0.717) is 17.9 Å². The molecule has 1 unspecified atom stereocenters. The Morgan fingerprint density at radius 2 is 2.15 bits per heavy atom. The van der Waals surface area contributed by atoms with Gasteiger partial charge in [0.05, 0.1) is 0 Å². The maximum Gasteiger partial charge on any atom is 0.224 e. The third-order valence-corrected chi connectivity index (χ3v) is 3.84. The van der Waals surface area contributed by atoms with Gasteiger partial charge in [-0.15, -0.1) is 0 Å². The summed E-state index contributed by atoms with van der Waals surface area (Å²) in [4.78, 5) is 8.89. The van der Waals surface area contributed by atoms with Gasteiger partial charge in [-0.3, -0.25) is 0 Å². The summed E-state index contributed by atoms with van der Waals surface area (Å²) in [5, 5.41) is 6.78. The fourth-order valence-corrected chi connectivity index (χ4v) is 2.46. The summed E-state index contributed by atoms with van der Waals surface area (Å²) >= 11 is 0. The lowest BCUT2D eigenvalue weighted by molar-refractivity contribution is 0.0622. The Hall–Kier alpha value is -1.36. The van der Waals surface area contributed by atoms with Gasteiger partial charge in [-0.05, 0) is 39.0 Å². The van der Waals surface area contributed by atoms with Crippen molar-refractivity contribution in [2.75, 3.05) is 30.4 Å². The van der Waals surface area contributed by atoms with Crippen molar-refractivity contribution in [3.05, 3.63) is 11.8 Å². The number of aryl methyl sites for hydroxylation is 1. The van der Waals surface area contributed by atoms with Crippen LogP contribution in [0.1, 0.15) is 38.7 Å². The van der Waals surface area contributed by atoms with Gasteiger partial charge in [0.1, 0.15) is 5.82 Å². The van der Waals surface area contributed by atoms with E-state index in [1.54, 1.807) is 0 Å². The molecule has 0 amide bonds.